The van der Waals surface area contributed by atoms with Gasteiger partial charge in [0, 0.05) is 12.2 Å². The molecule has 0 fully saturated rings. The largest absolute Gasteiger partial charge is 0.385 e. The molecular formula is C19H30O3. The molecule has 0 bridgehead atoms. The summed E-state index contributed by atoms with van der Waals surface area (Å²) in [5.74, 6) is -0.193. The number of ketones is 1. The molecule has 0 aliphatic carbocycles. The van der Waals surface area contributed by atoms with Gasteiger partial charge in [0.1, 0.15) is 6.10 Å². The third kappa shape index (κ3) is 7.19. The Morgan fingerprint density at radius 1 is 1.05 bits per heavy atom. The van der Waals surface area contributed by atoms with E-state index in [-0.39, 0.29) is 11.9 Å². The summed E-state index contributed by atoms with van der Waals surface area (Å²) in [6.07, 6.45) is 5.93. The molecule has 124 valence electrons. The third-order valence-corrected chi connectivity index (χ3v) is 3.84. The molecule has 1 aromatic carbocycles. The van der Waals surface area contributed by atoms with Crippen molar-refractivity contribution in [3.05, 3.63) is 35.9 Å². The number of aliphatic hydroxyl groups excluding tert-OH is 1. The molecule has 2 unspecified atom stereocenters. The molecule has 0 aliphatic rings. The van der Waals surface area contributed by atoms with E-state index in [0.717, 1.165) is 32.3 Å². The SMILES string of the molecule is CCCCCOC(CCC)CCC(O)C(=O)c1ccccc1. The minimum atomic E-state index is -0.930. The van der Waals surface area contributed by atoms with Gasteiger partial charge in [0.15, 0.2) is 5.78 Å². The Bertz CT molecular complexity index is 402. The number of unbranched alkanes of at least 4 members (excludes halogenated alkanes) is 2. The van der Waals surface area contributed by atoms with Gasteiger partial charge >= 0.3 is 0 Å². The molecule has 0 aromatic heterocycles. The minimum absolute atomic E-state index is 0.153. The Hall–Kier alpha value is -1.19. The van der Waals surface area contributed by atoms with Crippen LogP contribution in [0.4, 0.5) is 0 Å². The van der Waals surface area contributed by atoms with Gasteiger partial charge in [0.2, 0.25) is 0 Å². The van der Waals surface area contributed by atoms with E-state index >= 15 is 0 Å². The molecule has 0 saturated carbocycles. The van der Waals surface area contributed by atoms with Crippen LogP contribution in [0.15, 0.2) is 30.3 Å². The van der Waals surface area contributed by atoms with E-state index < -0.39 is 6.10 Å². The lowest BCUT2D eigenvalue weighted by Gasteiger charge is -2.19. The van der Waals surface area contributed by atoms with Gasteiger partial charge in [-0.1, -0.05) is 63.4 Å². The van der Waals surface area contributed by atoms with Gasteiger partial charge in [-0.05, 0) is 25.7 Å². The number of benzene rings is 1. The molecule has 22 heavy (non-hydrogen) atoms. The first-order valence-electron chi connectivity index (χ1n) is 8.58. The Labute approximate surface area is 134 Å². The molecule has 1 rings (SSSR count). The van der Waals surface area contributed by atoms with E-state index in [4.69, 9.17) is 4.74 Å². The topological polar surface area (TPSA) is 46.5 Å². The first-order chi connectivity index (χ1) is 10.7. The highest BCUT2D eigenvalue weighted by Crippen LogP contribution is 2.15. The predicted octanol–water partition coefficient (Wildman–Crippen LogP) is 4.39. The van der Waals surface area contributed by atoms with E-state index in [2.05, 4.69) is 13.8 Å². The highest BCUT2D eigenvalue weighted by atomic mass is 16.5. The lowest BCUT2D eigenvalue weighted by molar-refractivity contribution is 0.0271. The molecule has 1 N–H and O–H groups in total. The van der Waals surface area contributed by atoms with Crippen molar-refractivity contribution in [2.45, 2.75) is 71.0 Å². The van der Waals surface area contributed by atoms with Crippen molar-refractivity contribution >= 4 is 5.78 Å². The van der Waals surface area contributed by atoms with Crippen molar-refractivity contribution < 1.29 is 14.6 Å². The van der Waals surface area contributed by atoms with Crippen LogP contribution in [0.2, 0.25) is 0 Å². The van der Waals surface area contributed by atoms with Crippen LogP contribution in [-0.4, -0.2) is 29.7 Å². The molecule has 3 heteroatoms. The third-order valence-electron chi connectivity index (χ3n) is 3.84. The van der Waals surface area contributed by atoms with Gasteiger partial charge in [0.25, 0.3) is 0 Å². The number of rotatable bonds is 12. The van der Waals surface area contributed by atoms with Crippen molar-refractivity contribution in [3.63, 3.8) is 0 Å². The van der Waals surface area contributed by atoms with Crippen LogP contribution in [0.1, 0.15) is 69.2 Å². The van der Waals surface area contributed by atoms with Crippen LogP contribution in [0.3, 0.4) is 0 Å². The standard InChI is InChI=1S/C19H30O3/c1-3-5-9-15-22-17(10-4-2)13-14-18(20)19(21)16-11-7-6-8-12-16/h6-8,11-12,17-18,20H,3-5,9-10,13-15H2,1-2H3. The summed E-state index contributed by atoms with van der Waals surface area (Å²) in [6.45, 7) is 5.09. The van der Waals surface area contributed by atoms with E-state index in [1.165, 1.54) is 12.8 Å². The Balaban J connectivity index is 2.38. The fraction of sp³-hybridized carbons (Fsp3) is 0.632. The number of hydrogen-bond acceptors (Lipinski definition) is 3. The first-order valence-corrected chi connectivity index (χ1v) is 8.58. The minimum Gasteiger partial charge on any atom is -0.385 e. The second-order valence-corrected chi connectivity index (χ2v) is 5.81. The number of Topliss-reactive ketones (excluding diaryl/α,β-unsaturated/α-hetero) is 1. The van der Waals surface area contributed by atoms with Crippen molar-refractivity contribution in [1.82, 2.24) is 0 Å². The molecule has 0 radical (unpaired) electrons. The van der Waals surface area contributed by atoms with Gasteiger partial charge in [-0.15, -0.1) is 0 Å². The quantitative estimate of drug-likeness (QED) is 0.460. The van der Waals surface area contributed by atoms with Crippen molar-refractivity contribution in [2.75, 3.05) is 6.61 Å². The lowest BCUT2D eigenvalue weighted by Crippen LogP contribution is -2.23. The van der Waals surface area contributed by atoms with E-state index in [9.17, 15) is 9.90 Å². The fourth-order valence-corrected chi connectivity index (χ4v) is 2.50. The maximum absolute atomic E-state index is 12.1. The smallest absolute Gasteiger partial charge is 0.191 e. The zero-order valence-corrected chi connectivity index (χ0v) is 14.0. The highest BCUT2D eigenvalue weighted by molar-refractivity contribution is 5.99. The molecule has 0 amide bonds. The van der Waals surface area contributed by atoms with Crippen molar-refractivity contribution in [1.29, 1.82) is 0 Å². The number of hydrogen-bond donors (Lipinski definition) is 1. The second-order valence-electron chi connectivity index (χ2n) is 5.81. The summed E-state index contributed by atoms with van der Waals surface area (Å²) in [6, 6.07) is 8.99. The lowest BCUT2D eigenvalue weighted by atomic mass is 10.00. The predicted molar refractivity (Wildman–Crippen MR) is 90.2 cm³/mol. The zero-order chi connectivity index (χ0) is 16.2. The Morgan fingerprint density at radius 2 is 1.77 bits per heavy atom. The van der Waals surface area contributed by atoms with Crippen molar-refractivity contribution in [2.24, 2.45) is 0 Å². The van der Waals surface area contributed by atoms with Gasteiger partial charge in [0.05, 0.1) is 6.10 Å². The highest BCUT2D eigenvalue weighted by Gasteiger charge is 2.19. The van der Waals surface area contributed by atoms with Crippen LogP contribution >= 0.6 is 0 Å². The average Bonchev–Trinajstić information content (AvgIpc) is 2.56. The monoisotopic (exact) mass is 306 g/mol. The van der Waals surface area contributed by atoms with Gasteiger partial charge in [-0.3, -0.25) is 4.79 Å². The molecule has 0 saturated heterocycles. The molecule has 2 atom stereocenters. The summed E-state index contributed by atoms with van der Waals surface area (Å²) >= 11 is 0. The number of carbonyl (C=O) groups excluding carboxylic acids is 1. The number of aliphatic hydroxyl groups is 1. The van der Waals surface area contributed by atoms with Crippen LogP contribution in [0, 0.1) is 0 Å². The van der Waals surface area contributed by atoms with Gasteiger partial charge in [-0.25, -0.2) is 0 Å². The maximum Gasteiger partial charge on any atom is 0.191 e. The van der Waals surface area contributed by atoms with Crippen molar-refractivity contribution in [3.8, 4) is 0 Å². The number of ether oxygens (including phenoxy) is 1. The molecule has 0 aliphatic heterocycles. The average molecular weight is 306 g/mol. The fourth-order valence-electron chi connectivity index (χ4n) is 2.50. The van der Waals surface area contributed by atoms with Crippen LogP contribution in [-0.2, 0) is 4.74 Å². The number of carbonyl (C=O) groups is 1. The zero-order valence-electron chi connectivity index (χ0n) is 14.0. The summed E-state index contributed by atoms with van der Waals surface area (Å²) in [7, 11) is 0. The molecule has 3 nitrogen and oxygen atoms in total. The van der Waals surface area contributed by atoms with Gasteiger partial charge < -0.3 is 9.84 Å². The summed E-state index contributed by atoms with van der Waals surface area (Å²) in [5, 5.41) is 10.1. The van der Waals surface area contributed by atoms with E-state index in [1.807, 2.05) is 18.2 Å². The normalized spacial score (nSPS) is 13.8. The molecule has 1 aromatic rings. The molecule has 0 heterocycles. The van der Waals surface area contributed by atoms with Gasteiger partial charge in [-0.2, -0.15) is 0 Å². The first kappa shape index (κ1) is 18.9. The van der Waals surface area contributed by atoms with E-state index in [0.29, 0.717) is 12.0 Å². The van der Waals surface area contributed by atoms with Crippen LogP contribution in [0.5, 0.6) is 0 Å². The summed E-state index contributed by atoms with van der Waals surface area (Å²) in [4.78, 5) is 12.1. The summed E-state index contributed by atoms with van der Waals surface area (Å²) in [5.41, 5.74) is 0.575. The maximum atomic E-state index is 12.1. The summed E-state index contributed by atoms with van der Waals surface area (Å²) < 4.78 is 5.90. The molecule has 0 spiro atoms. The van der Waals surface area contributed by atoms with Crippen LogP contribution < -0.4 is 0 Å². The van der Waals surface area contributed by atoms with Crippen LogP contribution in [0.25, 0.3) is 0 Å². The Morgan fingerprint density at radius 3 is 2.41 bits per heavy atom. The second kappa shape index (κ2) is 11.4. The Kier molecular flexibility index (Phi) is 9.76. The van der Waals surface area contributed by atoms with E-state index in [1.54, 1.807) is 12.1 Å². The molecular weight excluding hydrogens is 276 g/mol.